The van der Waals surface area contributed by atoms with Crippen LogP contribution in [-0.4, -0.2) is 30.0 Å². The fourth-order valence-corrected chi connectivity index (χ4v) is 4.38. The maximum absolute atomic E-state index is 11.9. The Balaban J connectivity index is 2.26. The van der Waals surface area contributed by atoms with E-state index >= 15 is 0 Å². The molecule has 2 N–H and O–H groups in total. The normalized spacial score (nSPS) is 18.4. The van der Waals surface area contributed by atoms with E-state index in [-0.39, 0.29) is 24.2 Å². The molecule has 1 amide bonds. The number of phenolic OH excluding ortho intramolecular Hbond substituents is 1. The number of hydrogen-bond donors (Lipinski definition) is 2. The van der Waals surface area contributed by atoms with Gasteiger partial charge in [0.25, 0.3) is 0 Å². The molecule has 2 atom stereocenters. The van der Waals surface area contributed by atoms with Gasteiger partial charge >= 0.3 is 6.09 Å². The number of rotatable bonds is 10. The second-order valence-electron chi connectivity index (χ2n) is 10.3. The first-order valence-corrected chi connectivity index (χ1v) is 12.3. The molecule has 0 fully saturated rings. The number of aromatic hydroxyl groups is 1. The second kappa shape index (κ2) is 12.2. The molecule has 0 aromatic heterocycles. The smallest absolute Gasteiger partial charge is 0.407 e. The Morgan fingerprint density at radius 2 is 2.00 bits per heavy atom. The molecular weight excluding hydrogens is 414 g/mol. The average Bonchev–Trinajstić information content (AvgIpc) is 2.69. The summed E-state index contributed by atoms with van der Waals surface area (Å²) >= 11 is 0. The van der Waals surface area contributed by atoms with Crippen molar-refractivity contribution in [2.24, 2.45) is 5.92 Å². The number of hydrogen-bond acceptors (Lipinski definition) is 4. The highest BCUT2D eigenvalue weighted by molar-refractivity contribution is 5.67. The molecule has 0 aliphatic heterocycles. The van der Waals surface area contributed by atoms with Crippen LogP contribution in [0.25, 0.3) is 0 Å². The fourth-order valence-electron chi connectivity index (χ4n) is 4.38. The Morgan fingerprint density at radius 3 is 2.64 bits per heavy atom. The molecule has 0 saturated heterocycles. The Kier molecular flexibility index (Phi) is 9.87. The fraction of sp³-hybridized carbons (Fsp3) is 0.607. The lowest BCUT2D eigenvalue weighted by Gasteiger charge is -2.32. The van der Waals surface area contributed by atoms with Gasteiger partial charge < -0.3 is 19.9 Å². The molecule has 0 saturated carbocycles. The van der Waals surface area contributed by atoms with Gasteiger partial charge in [-0.1, -0.05) is 43.6 Å². The van der Waals surface area contributed by atoms with E-state index in [9.17, 15) is 9.90 Å². The molecule has 0 heterocycles. The summed E-state index contributed by atoms with van der Waals surface area (Å²) in [4.78, 5) is 11.9. The third kappa shape index (κ3) is 8.45. The lowest BCUT2D eigenvalue weighted by Crippen LogP contribution is -2.34. The predicted molar refractivity (Wildman–Crippen MR) is 135 cm³/mol. The second-order valence-corrected chi connectivity index (χ2v) is 10.3. The van der Waals surface area contributed by atoms with Gasteiger partial charge in [-0.3, -0.25) is 0 Å². The molecule has 1 aliphatic rings. The third-order valence-electron chi connectivity index (χ3n) is 5.99. The number of benzene rings is 1. The van der Waals surface area contributed by atoms with E-state index in [1.165, 1.54) is 5.57 Å². The highest BCUT2D eigenvalue weighted by atomic mass is 16.6. The summed E-state index contributed by atoms with van der Waals surface area (Å²) in [6.45, 7) is 16.7. The topological polar surface area (TPSA) is 67.8 Å². The minimum Gasteiger partial charge on any atom is -0.507 e. The maximum Gasteiger partial charge on any atom is 0.407 e. The zero-order chi connectivity index (χ0) is 24.6. The van der Waals surface area contributed by atoms with Crippen molar-refractivity contribution in [1.29, 1.82) is 0 Å². The largest absolute Gasteiger partial charge is 0.507 e. The highest BCUT2D eigenvalue weighted by Crippen LogP contribution is 2.47. The molecule has 2 rings (SSSR count). The minimum atomic E-state index is -0.542. The molecule has 0 bridgehead atoms. The number of alkyl carbamates (subject to hydrolysis) is 1. The molecular formula is C28H43NO4. The summed E-state index contributed by atoms with van der Waals surface area (Å²) < 4.78 is 11.5. The van der Waals surface area contributed by atoms with Crippen molar-refractivity contribution in [1.82, 2.24) is 5.32 Å². The van der Waals surface area contributed by atoms with Gasteiger partial charge in [0, 0.05) is 11.5 Å². The Labute approximate surface area is 200 Å². The molecule has 1 aromatic carbocycles. The number of amides is 1. The van der Waals surface area contributed by atoms with Crippen LogP contribution >= 0.6 is 0 Å². The van der Waals surface area contributed by atoms with E-state index in [2.05, 4.69) is 44.8 Å². The number of phenols is 1. The highest BCUT2D eigenvalue weighted by Gasteiger charge is 2.30. The van der Waals surface area contributed by atoms with Crippen molar-refractivity contribution in [3.63, 3.8) is 0 Å². The standard InChI is InChI=1S/C28H43NO4/c1-8-9-10-11-21-17-24(30)26(23-16-20(4)12-13-22(23)19(2)3)25(18-21)32-15-14-29-27(31)33-28(5,6)7/h16-18,22-23,30H,2,8-15H2,1,3-7H3,(H,29,31)/t22-,23?/m0/s1. The van der Waals surface area contributed by atoms with E-state index in [0.29, 0.717) is 12.3 Å². The first-order chi connectivity index (χ1) is 15.5. The van der Waals surface area contributed by atoms with Crippen molar-refractivity contribution >= 4 is 6.09 Å². The Hall–Kier alpha value is -2.43. The zero-order valence-electron chi connectivity index (χ0n) is 21.4. The van der Waals surface area contributed by atoms with Gasteiger partial charge in [-0.2, -0.15) is 0 Å². The molecule has 1 unspecified atom stereocenters. The molecule has 5 nitrogen and oxygen atoms in total. The van der Waals surface area contributed by atoms with Gasteiger partial charge in [0.15, 0.2) is 0 Å². The van der Waals surface area contributed by atoms with Crippen LogP contribution in [0.3, 0.4) is 0 Å². The van der Waals surface area contributed by atoms with Crippen molar-refractivity contribution in [2.45, 2.75) is 91.6 Å². The van der Waals surface area contributed by atoms with Gasteiger partial charge in [-0.25, -0.2) is 4.79 Å². The summed E-state index contributed by atoms with van der Waals surface area (Å²) in [5, 5.41) is 13.8. The quantitative estimate of drug-likeness (QED) is 0.292. The third-order valence-corrected chi connectivity index (χ3v) is 5.99. The molecule has 1 aliphatic carbocycles. The van der Waals surface area contributed by atoms with Crippen molar-refractivity contribution < 1.29 is 19.4 Å². The van der Waals surface area contributed by atoms with E-state index in [1.54, 1.807) is 0 Å². The van der Waals surface area contributed by atoms with Gasteiger partial charge in [0.05, 0.1) is 6.54 Å². The minimum absolute atomic E-state index is 0.0229. The van der Waals surface area contributed by atoms with E-state index in [1.807, 2.05) is 26.8 Å². The summed E-state index contributed by atoms with van der Waals surface area (Å²) in [6, 6.07) is 3.95. The number of unbranched alkanes of at least 4 members (excludes halogenated alkanes) is 2. The Bertz CT molecular complexity index is 850. The molecule has 0 radical (unpaired) electrons. The van der Waals surface area contributed by atoms with Crippen LogP contribution < -0.4 is 10.1 Å². The first kappa shape index (κ1) is 26.8. The van der Waals surface area contributed by atoms with Crippen LogP contribution in [0.1, 0.15) is 90.7 Å². The molecule has 184 valence electrons. The van der Waals surface area contributed by atoms with E-state index < -0.39 is 11.7 Å². The van der Waals surface area contributed by atoms with Crippen molar-refractivity contribution in [3.8, 4) is 11.5 Å². The number of nitrogens with one attached hydrogen (secondary N) is 1. The summed E-state index contributed by atoms with van der Waals surface area (Å²) in [6.07, 6.45) is 8.12. The molecule has 0 spiro atoms. The molecule has 1 aromatic rings. The lowest BCUT2D eigenvalue weighted by atomic mass is 9.73. The van der Waals surface area contributed by atoms with Crippen LogP contribution in [0.5, 0.6) is 11.5 Å². The number of ether oxygens (including phenoxy) is 2. The molecule has 5 heteroatoms. The predicted octanol–water partition coefficient (Wildman–Crippen LogP) is 7.04. The number of carbonyl (C=O) groups is 1. The van der Waals surface area contributed by atoms with Gasteiger partial charge in [-0.15, -0.1) is 0 Å². The van der Waals surface area contributed by atoms with E-state index in [4.69, 9.17) is 9.47 Å². The van der Waals surface area contributed by atoms with Crippen molar-refractivity contribution in [3.05, 3.63) is 47.1 Å². The Morgan fingerprint density at radius 1 is 1.27 bits per heavy atom. The average molecular weight is 458 g/mol. The van der Waals surface area contributed by atoms with Crippen molar-refractivity contribution in [2.75, 3.05) is 13.2 Å². The van der Waals surface area contributed by atoms with Gasteiger partial charge in [-0.05, 0) is 83.9 Å². The van der Waals surface area contributed by atoms with Crippen LogP contribution in [0.2, 0.25) is 0 Å². The maximum atomic E-state index is 11.9. The number of aryl methyl sites for hydroxylation is 1. The summed E-state index contributed by atoms with van der Waals surface area (Å²) in [5.74, 6) is 1.25. The summed E-state index contributed by atoms with van der Waals surface area (Å²) in [7, 11) is 0. The summed E-state index contributed by atoms with van der Waals surface area (Å²) in [5.41, 5.74) is 3.79. The number of carbonyl (C=O) groups excluding carboxylic acids is 1. The van der Waals surface area contributed by atoms with Gasteiger partial charge in [0.2, 0.25) is 0 Å². The monoisotopic (exact) mass is 457 g/mol. The van der Waals surface area contributed by atoms with E-state index in [0.717, 1.165) is 55.2 Å². The molecule has 33 heavy (non-hydrogen) atoms. The first-order valence-electron chi connectivity index (χ1n) is 12.3. The number of allylic oxidation sites excluding steroid dienone is 3. The SMILES string of the molecule is C=C(C)[C@@H]1CCC(C)=CC1c1c(O)cc(CCCCC)cc1OCCNC(=O)OC(C)(C)C. The zero-order valence-corrected chi connectivity index (χ0v) is 21.4. The van der Waals surface area contributed by atoms with Gasteiger partial charge in [0.1, 0.15) is 23.7 Å². The van der Waals surface area contributed by atoms with Crippen LogP contribution in [0.4, 0.5) is 4.79 Å². The van der Waals surface area contributed by atoms with Crippen LogP contribution in [0.15, 0.2) is 35.9 Å². The lowest BCUT2D eigenvalue weighted by molar-refractivity contribution is 0.0520. The van der Waals surface area contributed by atoms with Crippen LogP contribution in [0, 0.1) is 5.92 Å². The van der Waals surface area contributed by atoms with Crippen LogP contribution in [-0.2, 0) is 11.2 Å².